The third-order valence-electron chi connectivity index (χ3n) is 1.01. The maximum Gasteiger partial charge on any atom is 0.129 e. The topological polar surface area (TPSA) is 26.3 Å². The minimum Gasteiger partial charge on any atom is -0.379 e. The molecule has 1 rings (SSSR count). The molecule has 0 aromatic carbocycles. The summed E-state index contributed by atoms with van der Waals surface area (Å²) in [5.74, 6) is 0.619. The monoisotopic (exact) mass is 132 g/mol. The summed E-state index contributed by atoms with van der Waals surface area (Å²) in [5, 5.41) is 0.597. The highest BCUT2D eigenvalue weighted by atomic mass is 32.2. The zero-order valence-corrected chi connectivity index (χ0v) is 5.32. The maximum absolute atomic E-state index is 9.79. The Bertz CT molecular complexity index is 80.5. The van der Waals surface area contributed by atoms with Crippen molar-refractivity contribution in [3.8, 4) is 0 Å². The van der Waals surface area contributed by atoms with Crippen LogP contribution >= 0.6 is 11.8 Å². The molecule has 1 aliphatic rings. The molecule has 46 valence electrons. The van der Waals surface area contributed by atoms with Gasteiger partial charge >= 0.3 is 0 Å². The van der Waals surface area contributed by atoms with Crippen LogP contribution in [0, 0.1) is 0 Å². The molecule has 8 heavy (non-hydrogen) atoms. The Morgan fingerprint density at radius 2 is 2.50 bits per heavy atom. The van der Waals surface area contributed by atoms with Crippen molar-refractivity contribution in [2.45, 2.75) is 5.25 Å². The van der Waals surface area contributed by atoms with Crippen LogP contribution in [0.5, 0.6) is 0 Å². The molecule has 0 aromatic rings. The lowest BCUT2D eigenvalue weighted by Gasteiger charge is -2.24. The van der Waals surface area contributed by atoms with Crippen LogP contribution < -0.4 is 0 Å². The minimum atomic E-state index is 0.597. The summed E-state index contributed by atoms with van der Waals surface area (Å²) in [4.78, 5) is 9.79. The van der Waals surface area contributed by atoms with Gasteiger partial charge in [-0.25, -0.2) is 0 Å². The van der Waals surface area contributed by atoms with Crippen LogP contribution in [0.3, 0.4) is 0 Å². The highest BCUT2D eigenvalue weighted by Gasteiger charge is 2.17. The third kappa shape index (κ3) is 1.49. The molecule has 0 N–H and O–H groups in total. The van der Waals surface area contributed by atoms with Crippen molar-refractivity contribution < 1.29 is 9.53 Å². The minimum absolute atomic E-state index is 0.597. The standard InChI is InChI=1S/C5H8O2S/c6-1-2-8-5-3-7-4-5/h1,5H,2-4H2. The molecule has 2 nitrogen and oxygen atoms in total. The zero-order chi connectivity index (χ0) is 5.82. The molecule has 1 fully saturated rings. The van der Waals surface area contributed by atoms with Crippen LogP contribution in [0.25, 0.3) is 0 Å². The first kappa shape index (κ1) is 6.11. The molecule has 1 aliphatic heterocycles. The number of carbonyl (C=O) groups excluding carboxylic acids is 1. The summed E-state index contributed by atoms with van der Waals surface area (Å²) in [6.45, 7) is 1.66. The number of carbonyl (C=O) groups is 1. The quantitative estimate of drug-likeness (QED) is 0.517. The van der Waals surface area contributed by atoms with E-state index < -0.39 is 0 Å². The van der Waals surface area contributed by atoms with Crippen molar-refractivity contribution in [1.82, 2.24) is 0 Å². The summed E-state index contributed by atoms with van der Waals surface area (Å²) >= 11 is 1.67. The number of ether oxygens (including phenoxy) is 1. The second kappa shape index (κ2) is 3.10. The number of rotatable bonds is 3. The Morgan fingerprint density at radius 3 is 2.88 bits per heavy atom. The highest BCUT2D eigenvalue weighted by molar-refractivity contribution is 8.00. The molecular formula is C5H8O2S. The van der Waals surface area contributed by atoms with Crippen LogP contribution in [0.4, 0.5) is 0 Å². The Hall–Kier alpha value is -0.0200. The van der Waals surface area contributed by atoms with Gasteiger partial charge in [0.1, 0.15) is 6.29 Å². The van der Waals surface area contributed by atoms with E-state index in [1.54, 1.807) is 11.8 Å². The molecule has 0 unspecified atom stereocenters. The Balaban J connectivity index is 1.93. The van der Waals surface area contributed by atoms with Gasteiger partial charge in [0.2, 0.25) is 0 Å². The molecule has 0 bridgehead atoms. The number of thioether (sulfide) groups is 1. The van der Waals surface area contributed by atoms with Gasteiger partial charge in [0, 0.05) is 5.75 Å². The molecule has 1 saturated heterocycles. The molecule has 0 atom stereocenters. The van der Waals surface area contributed by atoms with Crippen molar-refractivity contribution in [3.63, 3.8) is 0 Å². The summed E-state index contributed by atoms with van der Waals surface area (Å²) in [7, 11) is 0. The maximum atomic E-state index is 9.79. The average Bonchev–Trinajstić information content (AvgIpc) is 1.63. The van der Waals surface area contributed by atoms with Gasteiger partial charge in [-0.2, -0.15) is 0 Å². The number of aldehydes is 1. The first-order chi connectivity index (χ1) is 3.93. The first-order valence-corrected chi connectivity index (χ1v) is 3.61. The fourth-order valence-corrected chi connectivity index (χ4v) is 1.22. The molecule has 0 saturated carbocycles. The lowest BCUT2D eigenvalue weighted by atomic mass is 10.4. The van der Waals surface area contributed by atoms with Crippen molar-refractivity contribution in [1.29, 1.82) is 0 Å². The van der Waals surface area contributed by atoms with E-state index in [1.165, 1.54) is 0 Å². The van der Waals surface area contributed by atoms with Gasteiger partial charge in [0.15, 0.2) is 0 Å². The van der Waals surface area contributed by atoms with Gasteiger partial charge < -0.3 is 9.53 Å². The van der Waals surface area contributed by atoms with E-state index in [0.29, 0.717) is 11.0 Å². The van der Waals surface area contributed by atoms with Crippen LogP contribution in [-0.2, 0) is 9.53 Å². The Morgan fingerprint density at radius 1 is 1.75 bits per heavy atom. The van der Waals surface area contributed by atoms with E-state index >= 15 is 0 Å². The summed E-state index contributed by atoms with van der Waals surface area (Å²) in [5.41, 5.74) is 0. The number of hydrogen-bond acceptors (Lipinski definition) is 3. The molecular weight excluding hydrogens is 124 g/mol. The molecule has 3 heteroatoms. The number of hydrogen-bond donors (Lipinski definition) is 0. The van der Waals surface area contributed by atoms with Gasteiger partial charge in [-0.15, -0.1) is 11.8 Å². The van der Waals surface area contributed by atoms with Gasteiger partial charge in [-0.1, -0.05) is 0 Å². The van der Waals surface area contributed by atoms with E-state index in [-0.39, 0.29) is 0 Å². The summed E-state index contributed by atoms with van der Waals surface area (Å²) in [6.07, 6.45) is 0.934. The van der Waals surface area contributed by atoms with Crippen LogP contribution in [0.1, 0.15) is 0 Å². The third-order valence-corrected chi connectivity index (χ3v) is 2.08. The molecule has 0 spiro atoms. The SMILES string of the molecule is O=CCSC1COC1. The first-order valence-electron chi connectivity index (χ1n) is 2.56. The van der Waals surface area contributed by atoms with Crippen LogP contribution in [-0.4, -0.2) is 30.5 Å². The van der Waals surface area contributed by atoms with Crippen molar-refractivity contribution >= 4 is 18.0 Å². The van der Waals surface area contributed by atoms with Gasteiger partial charge in [-0.05, 0) is 0 Å². The Kier molecular flexibility index (Phi) is 2.36. The van der Waals surface area contributed by atoms with Crippen LogP contribution in [0.2, 0.25) is 0 Å². The van der Waals surface area contributed by atoms with E-state index in [9.17, 15) is 4.79 Å². The zero-order valence-electron chi connectivity index (χ0n) is 4.50. The lowest BCUT2D eigenvalue weighted by molar-refractivity contribution is -0.105. The Labute approximate surface area is 52.6 Å². The summed E-state index contributed by atoms with van der Waals surface area (Å²) in [6, 6.07) is 0. The molecule has 0 amide bonds. The molecule has 0 aromatic heterocycles. The average molecular weight is 132 g/mol. The van der Waals surface area contributed by atoms with E-state index in [2.05, 4.69) is 0 Å². The van der Waals surface area contributed by atoms with Crippen LogP contribution in [0.15, 0.2) is 0 Å². The molecule has 1 heterocycles. The van der Waals surface area contributed by atoms with E-state index in [1.807, 2.05) is 0 Å². The molecule has 0 radical (unpaired) electrons. The van der Waals surface area contributed by atoms with Crippen molar-refractivity contribution in [2.75, 3.05) is 19.0 Å². The van der Waals surface area contributed by atoms with E-state index in [0.717, 1.165) is 19.5 Å². The predicted molar refractivity (Wildman–Crippen MR) is 33.1 cm³/mol. The summed E-state index contributed by atoms with van der Waals surface area (Å²) < 4.78 is 4.90. The molecule has 0 aliphatic carbocycles. The van der Waals surface area contributed by atoms with Crippen molar-refractivity contribution in [3.05, 3.63) is 0 Å². The fourth-order valence-electron chi connectivity index (χ4n) is 0.486. The van der Waals surface area contributed by atoms with Gasteiger partial charge in [0.25, 0.3) is 0 Å². The largest absolute Gasteiger partial charge is 0.379 e. The second-order valence-electron chi connectivity index (χ2n) is 1.66. The fraction of sp³-hybridized carbons (Fsp3) is 0.800. The predicted octanol–water partition coefficient (Wildman–Crippen LogP) is 0.317. The second-order valence-corrected chi connectivity index (χ2v) is 2.99. The smallest absolute Gasteiger partial charge is 0.129 e. The van der Waals surface area contributed by atoms with Crippen molar-refractivity contribution in [2.24, 2.45) is 0 Å². The normalized spacial score (nSPS) is 20.0. The van der Waals surface area contributed by atoms with E-state index in [4.69, 9.17) is 4.74 Å². The van der Waals surface area contributed by atoms with Gasteiger partial charge in [-0.3, -0.25) is 0 Å². The lowest BCUT2D eigenvalue weighted by Crippen LogP contribution is -2.30. The highest BCUT2D eigenvalue weighted by Crippen LogP contribution is 2.17. The van der Waals surface area contributed by atoms with Gasteiger partial charge in [0.05, 0.1) is 18.5 Å².